The van der Waals surface area contributed by atoms with Gasteiger partial charge in [-0.2, -0.15) is 0 Å². The lowest BCUT2D eigenvalue weighted by atomic mass is 10.1. The molecule has 0 aromatic carbocycles. The number of rotatable bonds is 3. The molecule has 0 saturated heterocycles. The molecule has 66 valence electrons. The van der Waals surface area contributed by atoms with E-state index in [2.05, 4.69) is 0 Å². The average molecular weight is 183 g/mol. The molecule has 0 heterocycles. The minimum atomic E-state index is -4.47. The first kappa shape index (κ1) is 10.6. The van der Waals surface area contributed by atoms with Crippen LogP contribution < -0.4 is 5.09 Å². The molecule has 0 radical (unpaired) electrons. The molecule has 0 aromatic heterocycles. The van der Waals surface area contributed by atoms with Crippen LogP contribution in [0.5, 0.6) is 0 Å². The Morgan fingerprint density at radius 3 is 1.91 bits per heavy atom. The lowest BCUT2D eigenvalue weighted by Crippen LogP contribution is -2.44. The fraction of sp³-hybridized carbons (Fsp3) is 0.750. The molecule has 6 nitrogen and oxygen atoms in total. The lowest BCUT2D eigenvalue weighted by Gasteiger charge is -2.20. The van der Waals surface area contributed by atoms with Crippen LogP contribution in [0.15, 0.2) is 0 Å². The quantitative estimate of drug-likeness (QED) is 0.441. The van der Waals surface area contributed by atoms with Crippen molar-refractivity contribution in [2.75, 3.05) is 0 Å². The van der Waals surface area contributed by atoms with Gasteiger partial charge in [-0.3, -0.25) is 4.79 Å². The van der Waals surface area contributed by atoms with Crippen LogP contribution in [0.3, 0.4) is 0 Å². The topological polar surface area (TPSA) is 107 Å². The number of hydrogen-bond acceptors (Lipinski definition) is 2. The molecule has 0 amide bonds. The van der Waals surface area contributed by atoms with Gasteiger partial charge in [0, 0.05) is 0 Å². The molecule has 4 N–H and O–H groups in total. The van der Waals surface area contributed by atoms with Gasteiger partial charge in [0.15, 0.2) is 0 Å². The summed E-state index contributed by atoms with van der Waals surface area (Å²) >= 11 is 0. The minimum absolute atomic E-state index is 1.16. The highest BCUT2D eigenvalue weighted by atomic mass is 31.2. The fourth-order valence-electron chi connectivity index (χ4n) is 0.412. The highest BCUT2D eigenvalue weighted by Crippen LogP contribution is 2.32. The van der Waals surface area contributed by atoms with Crippen molar-refractivity contribution in [1.82, 2.24) is 5.09 Å². The molecule has 11 heavy (non-hydrogen) atoms. The van der Waals surface area contributed by atoms with E-state index < -0.39 is 19.3 Å². The smallest absolute Gasteiger partial charge is 0.401 e. The van der Waals surface area contributed by atoms with E-state index in [-0.39, 0.29) is 0 Å². The van der Waals surface area contributed by atoms with Gasteiger partial charge < -0.3 is 14.9 Å². The Kier molecular flexibility index (Phi) is 2.79. The summed E-state index contributed by atoms with van der Waals surface area (Å²) in [6.45, 7) is 2.32. The predicted molar refractivity (Wildman–Crippen MR) is 36.9 cm³/mol. The van der Waals surface area contributed by atoms with Crippen molar-refractivity contribution in [1.29, 1.82) is 0 Å². The van der Waals surface area contributed by atoms with Gasteiger partial charge in [0.1, 0.15) is 5.54 Å². The van der Waals surface area contributed by atoms with Crippen molar-refractivity contribution in [3.8, 4) is 0 Å². The molecular weight excluding hydrogens is 173 g/mol. The molecule has 7 heteroatoms. The molecule has 0 fully saturated rings. The molecule has 0 rings (SSSR count). The number of carboxylic acids is 1. The summed E-state index contributed by atoms with van der Waals surface area (Å²) in [6.07, 6.45) is 0. The number of aliphatic carboxylic acids is 1. The molecule has 0 aliphatic carbocycles. The zero-order valence-electron chi connectivity index (χ0n) is 6.11. The molecule has 0 bridgehead atoms. The Balaban J connectivity index is 4.37. The first-order chi connectivity index (χ1) is 4.65. The minimum Gasteiger partial charge on any atom is -0.480 e. The summed E-state index contributed by atoms with van der Waals surface area (Å²) in [7, 11) is -4.47. The van der Waals surface area contributed by atoms with E-state index in [9.17, 15) is 9.36 Å². The van der Waals surface area contributed by atoms with E-state index in [4.69, 9.17) is 14.9 Å². The van der Waals surface area contributed by atoms with Crippen LogP contribution in [0.25, 0.3) is 0 Å². The molecule has 0 saturated carbocycles. The van der Waals surface area contributed by atoms with Gasteiger partial charge in [-0.25, -0.2) is 9.65 Å². The van der Waals surface area contributed by atoms with Crippen molar-refractivity contribution in [2.24, 2.45) is 0 Å². The zero-order chi connectivity index (χ0) is 9.28. The fourth-order valence-corrected chi connectivity index (χ4v) is 1.24. The maximum atomic E-state index is 10.3. The molecular formula is C4H10NO5P. The van der Waals surface area contributed by atoms with Crippen LogP contribution >= 0.6 is 7.75 Å². The maximum Gasteiger partial charge on any atom is 0.401 e. The second-order valence-electron chi connectivity index (χ2n) is 2.59. The van der Waals surface area contributed by atoms with Crippen LogP contribution in [0.1, 0.15) is 13.8 Å². The Hall–Kier alpha value is -0.420. The Bertz CT molecular complexity index is 207. The predicted octanol–water partition coefficient (Wildman–Crippen LogP) is -0.468. The summed E-state index contributed by atoms with van der Waals surface area (Å²) < 4.78 is 10.3. The molecule has 0 spiro atoms. The largest absolute Gasteiger partial charge is 0.480 e. The molecule has 0 unspecified atom stereocenters. The summed E-state index contributed by atoms with van der Waals surface area (Å²) in [4.78, 5) is 27.0. The van der Waals surface area contributed by atoms with Gasteiger partial charge in [-0.1, -0.05) is 0 Å². The normalized spacial score (nSPS) is 13.1. The van der Waals surface area contributed by atoms with E-state index >= 15 is 0 Å². The van der Waals surface area contributed by atoms with E-state index in [0.29, 0.717) is 0 Å². The second-order valence-corrected chi connectivity index (χ2v) is 3.90. The summed E-state index contributed by atoms with van der Waals surface area (Å²) in [5, 5.41) is 10.1. The van der Waals surface area contributed by atoms with E-state index in [0.717, 1.165) is 13.8 Å². The molecule has 0 aliphatic rings. The Morgan fingerprint density at radius 2 is 1.82 bits per heavy atom. The van der Waals surface area contributed by atoms with E-state index in [1.54, 1.807) is 5.09 Å². The Labute approximate surface area is 63.4 Å². The van der Waals surface area contributed by atoms with Gasteiger partial charge in [0.05, 0.1) is 0 Å². The standard InChI is InChI=1S/C4H10NO5P/c1-4(2,3(6)7)5-11(8,9)10/h1-2H3,(H,6,7)(H3,5,8,9,10). The van der Waals surface area contributed by atoms with E-state index in [1.165, 1.54) is 0 Å². The zero-order valence-corrected chi connectivity index (χ0v) is 7.00. The monoisotopic (exact) mass is 183 g/mol. The Morgan fingerprint density at radius 1 is 1.45 bits per heavy atom. The highest BCUT2D eigenvalue weighted by molar-refractivity contribution is 7.49. The van der Waals surface area contributed by atoms with Crippen molar-refractivity contribution in [3.05, 3.63) is 0 Å². The summed E-state index contributed by atoms with van der Waals surface area (Å²) in [5.74, 6) is -1.32. The lowest BCUT2D eigenvalue weighted by molar-refractivity contribution is -0.142. The SMILES string of the molecule is CC(C)(NP(=O)(O)O)C(=O)O. The molecule has 0 aromatic rings. The second kappa shape index (κ2) is 2.91. The first-order valence-electron chi connectivity index (χ1n) is 2.73. The highest BCUT2D eigenvalue weighted by Gasteiger charge is 2.33. The third-order valence-corrected chi connectivity index (χ3v) is 1.81. The van der Waals surface area contributed by atoms with Crippen molar-refractivity contribution in [2.45, 2.75) is 19.4 Å². The van der Waals surface area contributed by atoms with Crippen molar-refractivity contribution < 1.29 is 24.3 Å². The van der Waals surface area contributed by atoms with Gasteiger partial charge in [-0.15, -0.1) is 0 Å². The van der Waals surface area contributed by atoms with Crippen molar-refractivity contribution in [3.63, 3.8) is 0 Å². The van der Waals surface area contributed by atoms with Gasteiger partial charge in [0.2, 0.25) is 0 Å². The summed E-state index contributed by atoms with van der Waals surface area (Å²) in [5.41, 5.74) is -1.61. The van der Waals surface area contributed by atoms with Crippen LogP contribution in [0.4, 0.5) is 0 Å². The van der Waals surface area contributed by atoms with Gasteiger partial charge in [-0.05, 0) is 13.8 Å². The van der Waals surface area contributed by atoms with Gasteiger partial charge in [0.25, 0.3) is 0 Å². The summed E-state index contributed by atoms with van der Waals surface area (Å²) in [6, 6.07) is 0. The average Bonchev–Trinajstić information content (AvgIpc) is 1.56. The maximum absolute atomic E-state index is 10.3. The van der Waals surface area contributed by atoms with Crippen LogP contribution in [0, 0.1) is 0 Å². The molecule has 0 aliphatic heterocycles. The van der Waals surface area contributed by atoms with Crippen molar-refractivity contribution >= 4 is 13.7 Å². The third kappa shape index (κ3) is 4.10. The van der Waals surface area contributed by atoms with E-state index in [1.807, 2.05) is 0 Å². The third-order valence-electron chi connectivity index (χ3n) is 0.960. The van der Waals surface area contributed by atoms with Crippen LogP contribution in [-0.4, -0.2) is 26.4 Å². The molecule has 0 atom stereocenters. The number of carboxylic acid groups (broad SMARTS) is 1. The van der Waals surface area contributed by atoms with Crippen LogP contribution in [-0.2, 0) is 9.36 Å². The van der Waals surface area contributed by atoms with Gasteiger partial charge >= 0.3 is 13.7 Å². The van der Waals surface area contributed by atoms with Crippen LogP contribution in [0.2, 0.25) is 0 Å². The number of hydrogen-bond donors (Lipinski definition) is 4. The first-order valence-corrected chi connectivity index (χ1v) is 4.35. The number of nitrogens with one attached hydrogen (secondary N) is 1. The number of carbonyl (C=O) groups is 1.